The number of nitro groups is 1. The second kappa shape index (κ2) is 5.45. The molecule has 0 fully saturated rings. The number of aliphatic hydroxyl groups is 1. The van der Waals surface area contributed by atoms with Crippen molar-refractivity contribution in [3.63, 3.8) is 0 Å². The van der Waals surface area contributed by atoms with E-state index in [9.17, 15) is 15.2 Å². The summed E-state index contributed by atoms with van der Waals surface area (Å²) in [6.45, 7) is 10.2. The van der Waals surface area contributed by atoms with Gasteiger partial charge in [0.05, 0.1) is 19.1 Å². The Labute approximate surface area is 108 Å². The topological polar surface area (TPSA) is 63.4 Å². The lowest BCUT2D eigenvalue weighted by atomic mass is 10.1. The van der Waals surface area contributed by atoms with Gasteiger partial charge in [-0.2, -0.15) is 0 Å². The standard InChI is InChI=1S/C13H19NO3Si/c1-5-12(18(2,3)4)13(15)10-7-6-8-11(9-10)14(16)17/h5-9,12-13,15H,1H2,2-4H3/t12-,13+/m1/s1. The van der Waals surface area contributed by atoms with E-state index in [-0.39, 0.29) is 11.2 Å². The van der Waals surface area contributed by atoms with Gasteiger partial charge in [0, 0.05) is 17.7 Å². The van der Waals surface area contributed by atoms with Crippen LogP contribution in [0.2, 0.25) is 25.2 Å². The summed E-state index contributed by atoms with van der Waals surface area (Å²) in [4.78, 5) is 10.3. The smallest absolute Gasteiger partial charge is 0.269 e. The molecule has 0 heterocycles. The summed E-state index contributed by atoms with van der Waals surface area (Å²) in [5, 5.41) is 21.1. The lowest BCUT2D eigenvalue weighted by Crippen LogP contribution is -2.31. The van der Waals surface area contributed by atoms with Crippen molar-refractivity contribution in [2.24, 2.45) is 0 Å². The maximum absolute atomic E-state index is 10.7. The molecule has 4 nitrogen and oxygen atoms in total. The molecule has 0 radical (unpaired) electrons. The highest BCUT2D eigenvalue weighted by Crippen LogP contribution is 2.36. The highest BCUT2D eigenvalue weighted by atomic mass is 28.3. The van der Waals surface area contributed by atoms with Crippen molar-refractivity contribution in [1.29, 1.82) is 0 Å². The molecular weight excluding hydrogens is 246 g/mol. The maximum atomic E-state index is 10.7. The van der Waals surface area contributed by atoms with Crippen molar-refractivity contribution in [2.45, 2.75) is 31.3 Å². The normalized spacial score (nSPS) is 14.9. The first-order valence-electron chi connectivity index (χ1n) is 5.82. The Morgan fingerprint density at radius 3 is 2.50 bits per heavy atom. The SMILES string of the molecule is C=C[C@H]([C@@H](O)c1cccc([N+](=O)[O-])c1)[Si](C)(C)C. The van der Waals surface area contributed by atoms with Crippen LogP contribution in [0.4, 0.5) is 5.69 Å². The molecule has 0 saturated carbocycles. The molecular formula is C13H19NO3Si. The van der Waals surface area contributed by atoms with Crippen LogP contribution >= 0.6 is 0 Å². The van der Waals surface area contributed by atoms with Gasteiger partial charge in [0.15, 0.2) is 0 Å². The summed E-state index contributed by atoms with van der Waals surface area (Å²) in [6, 6.07) is 6.17. The first-order valence-corrected chi connectivity index (χ1v) is 9.40. The lowest BCUT2D eigenvalue weighted by Gasteiger charge is -2.30. The Morgan fingerprint density at radius 1 is 1.44 bits per heavy atom. The van der Waals surface area contributed by atoms with Crippen molar-refractivity contribution in [3.8, 4) is 0 Å². The van der Waals surface area contributed by atoms with E-state index < -0.39 is 19.1 Å². The minimum absolute atomic E-state index is 0.00457. The van der Waals surface area contributed by atoms with Crippen molar-refractivity contribution >= 4 is 13.8 Å². The molecule has 0 aliphatic carbocycles. The second-order valence-electron chi connectivity index (χ2n) is 5.42. The summed E-state index contributed by atoms with van der Waals surface area (Å²) in [7, 11) is -1.62. The van der Waals surface area contributed by atoms with E-state index in [4.69, 9.17) is 0 Å². The first kappa shape index (κ1) is 14.6. The number of nitrogens with zero attached hydrogens (tertiary/aromatic N) is 1. The third kappa shape index (κ3) is 3.27. The fourth-order valence-electron chi connectivity index (χ4n) is 1.99. The predicted octanol–water partition coefficient (Wildman–Crippen LogP) is 3.52. The van der Waals surface area contributed by atoms with Crippen LogP contribution in [-0.2, 0) is 0 Å². The Hall–Kier alpha value is -1.46. The van der Waals surface area contributed by atoms with Gasteiger partial charge in [-0.15, -0.1) is 6.58 Å². The van der Waals surface area contributed by atoms with Crippen molar-refractivity contribution < 1.29 is 10.0 Å². The molecule has 0 unspecified atom stereocenters. The van der Waals surface area contributed by atoms with Crippen LogP contribution < -0.4 is 0 Å². The third-order valence-electron chi connectivity index (χ3n) is 3.02. The van der Waals surface area contributed by atoms with Gasteiger partial charge >= 0.3 is 0 Å². The Balaban J connectivity index is 3.09. The summed E-state index contributed by atoms with van der Waals surface area (Å²) in [5.41, 5.74) is 0.556. The van der Waals surface area contributed by atoms with E-state index in [0.717, 1.165) is 0 Å². The summed E-state index contributed by atoms with van der Waals surface area (Å²) < 4.78 is 0. The molecule has 0 aromatic heterocycles. The molecule has 0 spiro atoms. The molecule has 0 bridgehead atoms. The highest BCUT2D eigenvalue weighted by Gasteiger charge is 2.31. The van der Waals surface area contributed by atoms with E-state index in [1.807, 2.05) is 0 Å². The molecule has 1 rings (SSSR count). The summed E-state index contributed by atoms with van der Waals surface area (Å²) in [5.74, 6) is 0. The van der Waals surface area contributed by atoms with Gasteiger partial charge in [-0.25, -0.2) is 0 Å². The van der Waals surface area contributed by atoms with Crippen LogP contribution in [0.5, 0.6) is 0 Å². The average Bonchev–Trinajstić information content (AvgIpc) is 2.28. The molecule has 1 aromatic carbocycles. The predicted molar refractivity (Wildman–Crippen MR) is 75.3 cm³/mol. The fourth-order valence-corrected chi connectivity index (χ4v) is 3.83. The third-order valence-corrected chi connectivity index (χ3v) is 5.57. The van der Waals surface area contributed by atoms with Gasteiger partial charge < -0.3 is 5.11 Å². The van der Waals surface area contributed by atoms with Gasteiger partial charge in [0.2, 0.25) is 0 Å². The van der Waals surface area contributed by atoms with E-state index in [2.05, 4.69) is 26.2 Å². The Kier molecular flexibility index (Phi) is 4.42. The van der Waals surface area contributed by atoms with Crippen LogP contribution in [0.15, 0.2) is 36.9 Å². The number of aliphatic hydroxyl groups excluding tert-OH is 1. The number of hydrogen-bond acceptors (Lipinski definition) is 3. The molecule has 18 heavy (non-hydrogen) atoms. The molecule has 0 aliphatic rings. The first-order chi connectivity index (χ1) is 8.27. The van der Waals surface area contributed by atoms with Gasteiger partial charge in [0.1, 0.15) is 0 Å². The minimum atomic E-state index is -1.62. The molecule has 98 valence electrons. The minimum Gasteiger partial charge on any atom is -0.388 e. The molecule has 2 atom stereocenters. The van der Waals surface area contributed by atoms with Gasteiger partial charge in [-0.3, -0.25) is 10.1 Å². The molecule has 0 amide bonds. The van der Waals surface area contributed by atoms with E-state index in [1.54, 1.807) is 18.2 Å². The monoisotopic (exact) mass is 265 g/mol. The molecule has 5 heteroatoms. The van der Waals surface area contributed by atoms with Crippen molar-refractivity contribution in [3.05, 3.63) is 52.6 Å². The zero-order valence-electron chi connectivity index (χ0n) is 11.0. The fraction of sp³-hybridized carbons (Fsp3) is 0.385. The number of non-ortho nitro benzene ring substituents is 1. The molecule has 0 saturated heterocycles. The van der Waals surface area contributed by atoms with Crippen molar-refractivity contribution in [2.75, 3.05) is 0 Å². The second-order valence-corrected chi connectivity index (χ2v) is 10.8. The van der Waals surface area contributed by atoms with Gasteiger partial charge in [0.25, 0.3) is 5.69 Å². The van der Waals surface area contributed by atoms with E-state index in [1.165, 1.54) is 12.1 Å². The Morgan fingerprint density at radius 2 is 2.06 bits per heavy atom. The summed E-state index contributed by atoms with van der Waals surface area (Å²) >= 11 is 0. The maximum Gasteiger partial charge on any atom is 0.269 e. The molecule has 0 aliphatic heterocycles. The van der Waals surface area contributed by atoms with E-state index in [0.29, 0.717) is 5.56 Å². The number of benzene rings is 1. The lowest BCUT2D eigenvalue weighted by molar-refractivity contribution is -0.385. The average molecular weight is 265 g/mol. The van der Waals surface area contributed by atoms with Crippen LogP contribution in [0, 0.1) is 10.1 Å². The van der Waals surface area contributed by atoms with Crippen LogP contribution in [0.25, 0.3) is 0 Å². The largest absolute Gasteiger partial charge is 0.388 e. The number of nitro benzene ring substituents is 1. The summed E-state index contributed by atoms with van der Waals surface area (Å²) in [6.07, 6.45) is 1.03. The van der Waals surface area contributed by atoms with E-state index >= 15 is 0 Å². The zero-order chi connectivity index (χ0) is 13.9. The quantitative estimate of drug-likeness (QED) is 0.383. The van der Waals surface area contributed by atoms with Crippen LogP contribution in [0.1, 0.15) is 11.7 Å². The van der Waals surface area contributed by atoms with Gasteiger partial charge in [-0.1, -0.05) is 37.8 Å². The molecule has 1 aromatic rings. The number of hydrogen-bond donors (Lipinski definition) is 1. The zero-order valence-corrected chi connectivity index (χ0v) is 12.0. The van der Waals surface area contributed by atoms with Crippen LogP contribution in [-0.4, -0.2) is 18.1 Å². The Bertz CT molecular complexity index is 454. The highest BCUT2D eigenvalue weighted by molar-refractivity contribution is 6.78. The van der Waals surface area contributed by atoms with Crippen LogP contribution in [0.3, 0.4) is 0 Å². The van der Waals surface area contributed by atoms with Crippen molar-refractivity contribution in [1.82, 2.24) is 0 Å². The molecule has 1 N–H and O–H groups in total. The number of rotatable bonds is 5. The van der Waals surface area contributed by atoms with Gasteiger partial charge in [-0.05, 0) is 5.56 Å².